The number of nitrogens with one attached hydrogen (secondary N) is 1. The Balaban J connectivity index is 1.97. The normalized spacial score (nSPS) is 10.2. The van der Waals surface area contributed by atoms with Crippen LogP contribution in [-0.2, 0) is 17.8 Å². The van der Waals surface area contributed by atoms with Crippen LogP contribution in [-0.4, -0.2) is 11.0 Å². The van der Waals surface area contributed by atoms with Crippen molar-refractivity contribution in [2.45, 2.75) is 13.0 Å². The van der Waals surface area contributed by atoms with Crippen molar-refractivity contribution in [2.75, 3.05) is 5.32 Å². The fourth-order valence-electron chi connectivity index (χ4n) is 1.78. The van der Waals surface area contributed by atoms with Crippen molar-refractivity contribution in [3.63, 3.8) is 0 Å². The first-order chi connectivity index (χ1) is 9.17. The third-order valence-electron chi connectivity index (χ3n) is 2.75. The van der Waals surface area contributed by atoms with Gasteiger partial charge in [-0.3, -0.25) is 4.79 Å². The van der Waals surface area contributed by atoms with Crippen molar-refractivity contribution in [1.29, 1.82) is 0 Å². The highest BCUT2D eigenvalue weighted by Gasteiger charge is 2.04. The third-order valence-corrected chi connectivity index (χ3v) is 2.75. The highest BCUT2D eigenvalue weighted by molar-refractivity contribution is 5.92. The van der Waals surface area contributed by atoms with Crippen LogP contribution < -0.4 is 11.1 Å². The Bertz CT molecular complexity index is 565. The number of amides is 1. The molecule has 0 aliphatic rings. The van der Waals surface area contributed by atoms with Crippen molar-refractivity contribution in [2.24, 2.45) is 5.73 Å². The molecule has 1 amide bonds. The first-order valence-corrected chi connectivity index (χ1v) is 6.04. The molecule has 0 spiro atoms. The van der Waals surface area contributed by atoms with E-state index in [2.05, 4.69) is 5.32 Å². The van der Waals surface area contributed by atoms with Crippen LogP contribution in [0.4, 0.5) is 5.69 Å². The molecule has 0 aliphatic carbocycles. The zero-order valence-corrected chi connectivity index (χ0v) is 10.5. The van der Waals surface area contributed by atoms with Crippen molar-refractivity contribution >= 4 is 11.6 Å². The number of benzene rings is 2. The molecule has 0 unspecified atom stereocenters. The largest absolute Gasteiger partial charge is 0.508 e. The molecule has 98 valence electrons. The van der Waals surface area contributed by atoms with Crippen molar-refractivity contribution < 1.29 is 9.90 Å². The van der Waals surface area contributed by atoms with Gasteiger partial charge in [-0.15, -0.1) is 0 Å². The van der Waals surface area contributed by atoms with Crippen LogP contribution in [0.15, 0.2) is 48.5 Å². The van der Waals surface area contributed by atoms with Gasteiger partial charge in [0, 0.05) is 12.2 Å². The molecule has 4 heteroatoms. The van der Waals surface area contributed by atoms with Crippen LogP contribution in [0.3, 0.4) is 0 Å². The summed E-state index contributed by atoms with van der Waals surface area (Å²) in [5.74, 6) is 0.0451. The zero-order chi connectivity index (χ0) is 13.7. The van der Waals surface area contributed by atoms with E-state index < -0.39 is 0 Å². The summed E-state index contributed by atoms with van der Waals surface area (Å²) in [4.78, 5) is 11.8. The molecule has 0 atom stereocenters. The van der Waals surface area contributed by atoms with Crippen LogP contribution in [0, 0.1) is 0 Å². The topological polar surface area (TPSA) is 75.3 Å². The Labute approximate surface area is 111 Å². The van der Waals surface area contributed by atoms with Gasteiger partial charge >= 0.3 is 0 Å². The van der Waals surface area contributed by atoms with Crippen LogP contribution in [0.2, 0.25) is 0 Å². The Kier molecular flexibility index (Phi) is 4.15. The van der Waals surface area contributed by atoms with E-state index in [0.29, 0.717) is 6.54 Å². The average molecular weight is 256 g/mol. The molecule has 0 radical (unpaired) electrons. The molecule has 19 heavy (non-hydrogen) atoms. The second kappa shape index (κ2) is 6.02. The average Bonchev–Trinajstić information content (AvgIpc) is 2.39. The number of anilines is 1. The number of carbonyl (C=O) groups excluding carboxylic acids is 1. The standard InChI is InChI=1S/C15H16N2O2/c16-10-11-4-6-13(7-5-11)17-15(19)9-12-2-1-3-14(18)8-12/h1-8,18H,9-10,16H2,(H,17,19). The van der Waals surface area contributed by atoms with Crippen LogP contribution in [0.5, 0.6) is 5.75 Å². The SMILES string of the molecule is NCc1ccc(NC(=O)Cc2cccc(O)c2)cc1. The summed E-state index contributed by atoms with van der Waals surface area (Å²) in [7, 11) is 0. The van der Waals surface area contributed by atoms with Crippen molar-refractivity contribution in [3.8, 4) is 5.75 Å². The summed E-state index contributed by atoms with van der Waals surface area (Å²) in [6.07, 6.45) is 0.229. The van der Waals surface area contributed by atoms with Crippen LogP contribution in [0.25, 0.3) is 0 Å². The second-order valence-corrected chi connectivity index (χ2v) is 4.30. The lowest BCUT2D eigenvalue weighted by Gasteiger charge is -2.06. The number of hydrogen-bond acceptors (Lipinski definition) is 3. The lowest BCUT2D eigenvalue weighted by molar-refractivity contribution is -0.115. The molecule has 0 aromatic heterocycles. The number of carbonyl (C=O) groups is 1. The lowest BCUT2D eigenvalue weighted by atomic mass is 10.1. The fourth-order valence-corrected chi connectivity index (χ4v) is 1.78. The predicted octanol–water partition coefficient (Wildman–Crippen LogP) is 2.03. The molecule has 0 saturated heterocycles. The molecule has 0 saturated carbocycles. The number of hydrogen-bond donors (Lipinski definition) is 3. The molecule has 0 heterocycles. The van der Waals surface area contributed by atoms with E-state index >= 15 is 0 Å². The molecule has 4 nitrogen and oxygen atoms in total. The maximum Gasteiger partial charge on any atom is 0.228 e. The molecular formula is C15H16N2O2. The monoisotopic (exact) mass is 256 g/mol. The van der Waals surface area contributed by atoms with E-state index in [4.69, 9.17) is 5.73 Å². The van der Waals surface area contributed by atoms with Gasteiger partial charge in [0.05, 0.1) is 6.42 Å². The zero-order valence-electron chi connectivity index (χ0n) is 10.5. The highest BCUT2D eigenvalue weighted by Crippen LogP contribution is 2.13. The first kappa shape index (κ1) is 13.1. The van der Waals surface area contributed by atoms with Crippen molar-refractivity contribution in [1.82, 2.24) is 0 Å². The van der Waals surface area contributed by atoms with Crippen LogP contribution >= 0.6 is 0 Å². The summed E-state index contributed by atoms with van der Waals surface area (Å²) in [5, 5.41) is 12.1. The maximum atomic E-state index is 11.8. The Morgan fingerprint density at radius 1 is 1.11 bits per heavy atom. The summed E-state index contributed by atoms with van der Waals surface area (Å²) in [5.41, 5.74) is 8.04. The number of aromatic hydroxyl groups is 1. The quantitative estimate of drug-likeness (QED) is 0.783. The summed E-state index contributed by atoms with van der Waals surface area (Å²) in [6.45, 7) is 0.484. The van der Waals surface area contributed by atoms with Gasteiger partial charge in [-0.2, -0.15) is 0 Å². The molecule has 0 bridgehead atoms. The van der Waals surface area contributed by atoms with E-state index in [0.717, 1.165) is 16.8 Å². The highest BCUT2D eigenvalue weighted by atomic mass is 16.3. The fraction of sp³-hybridized carbons (Fsp3) is 0.133. The van der Waals surface area contributed by atoms with Gasteiger partial charge in [0.1, 0.15) is 5.75 Å². The lowest BCUT2D eigenvalue weighted by Crippen LogP contribution is -2.14. The van der Waals surface area contributed by atoms with Crippen molar-refractivity contribution in [3.05, 3.63) is 59.7 Å². The predicted molar refractivity (Wildman–Crippen MR) is 74.8 cm³/mol. The maximum absolute atomic E-state index is 11.8. The van der Waals surface area contributed by atoms with Gasteiger partial charge in [-0.1, -0.05) is 24.3 Å². The Hall–Kier alpha value is -2.33. The number of phenols is 1. The first-order valence-electron chi connectivity index (χ1n) is 6.04. The van der Waals surface area contributed by atoms with Gasteiger partial charge in [0.25, 0.3) is 0 Å². The molecule has 2 aromatic rings. The van der Waals surface area contributed by atoms with Gasteiger partial charge in [0.2, 0.25) is 5.91 Å². The molecule has 4 N–H and O–H groups in total. The van der Waals surface area contributed by atoms with Gasteiger partial charge in [-0.25, -0.2) is 0 Å². The van der Waals surface area contributed by atoms with E-state index in [1.165, 1.54) is 0 Å². The summed E-state index contributed by atoms with van der Waals surface area (Å²) in [6, 6.07) is 14.1. The molecule has 0 fully saturated rings. The van der Waals surface area contributed by atoms with Gasteiger partial charge in [-0.05, 0) is 35.4 Å². The molecule has 0 aliphatic heterocycles. The smallest absolute Gasteiger partial charge is 0.228 e. The van der Waals surface area contributed by atoms with E-state index in [1.54, 1.807) is 24.3 Å². The van der Waals surface area contributed by atoms with E-state index in [1.807, 2.05) is 24.3 Å². The molecule has 2 aromatic carbocycles. The van der Waals surface area contributed by atoms with Gasteiger partial charge < -0.3 is 16.2 Å². The summed E-state index contributed by atoms with van der Waals surface area (Å²) < 4.78 is 0. The third kappa shape index (κ3) is 3.82. The minimum atomic E-state index is -0.119. The van der Waals surface area contributed by atoms with E-state index in [-0.39, 0.29) is 18.1 Å². The number of phenolic OH excluding ortho intramolecular Hbond substituents is 1. The van der Waals surface area contributed by atoms with Gasteiger partial charge in [0.15, 0.2) is 0 Å². The van der Waals surface area contributed by atoms with E-state index in [9.17, 15) is 9.90 Å². The molecular weight excluding hydrogens is 240 g/mol. The van der Waals surface area contributed by atoms with Crippen LogP contribution in [0.1, 0.15) is 11.1 Å². The minimum absolute atomic E-state index is 0.119. The Morgan fingerprint density at radius 2 is 1.84 bits per heavy atom. The number of rotatable bonds is 4. The Morgan fingerprint density at radius 3 is 2.47 bits per heavy atom. The second-order valence-electron chi connectivity index (χ2n) is 4.30. The minimum Gasteiger partial charge on any atom is -0.508 e. The summed E-state index contributed by atoms with van der Waals surface area (Å²) >= 11 is 0. The number of nitrogens with two attached hydrogens (primary N) is 1. The molecule has 2 rings (SSSR count).